The molecule has 1 aromatic rings. The molecule has 26 heteroatoms. The summed E-state index contributed by atoms with van der Waals surface area (Å²) in [7, 11) is 2.07. The Bertz CT molecular complexity index is 1980. The number of benzene rings is 1. The smallest absolute Gasteiger partial charge is 0.246 e. The molecule has 0 bridgehead atoms. The van der Waals surface area contributed by atoms with E-state index in [9.17, 15) is 52.7 Å². The molecule has 1 aromatic carbocycles. The van der Waals surface area contributed by atoms with Gasteiger partial charge in [0.1, 0.15) is 42.3 Å². The van der Waals surface area contributed by atoms with Crippen molar-refractivity contribution in [2.24, 2.45) is 28.9 Å². The molecule has 376 valence electrons. The van der Waals surface area contributed by atoms with Crippen molar-refractivity contribution >= 4 is 86.6 Å². The number of hydrogen-bond acceptors (Lipinski definition) is 15. The zero-order chi connectivity index (χ0) is 50.5. The number of primary amides is 2. The molecular weight excluding hydrogens is 927 g/mol. The Morgan fingerprint density at radius 1 is 0.779 bits per heavy atom. The van der Waals surface area contributed by atoms with Gasteiger partial charge in [-0.2, -0.15) is 0 Å². The second-order valence-electron chi connectivity index (χ2n) is 16.3. The number of carbonyl (C=O) groups excluding carboxylic acids is 11. The van der Waals surface area contributed by atoms with Gasteiger partial charge in [0.2, 0.25) is 65.0 Å². The maximum absolute atomic E-state index is 14.4. The fourth-order valence-electron chi connectivity index (χ4n) is 7.17. The van der Waals surface area contributed by atoms with Gasteiger partial charge in [0, 0.05) is 31.0 Å². The molecule has 0 unspecified atom stereocenters. The lowest BCUT2D eigenvalue weighted by molar-refractivity contribution is -0.142. The lowest BCUT2D eigenvalue weighted by Crippen LogP contribution is -2.62. The van der Waals surface area contributed by atoms with Gasteiger partial charge in [-0.25, -0.2) is 0 Å². The first kappa shape index (κ1) is 56.3. The third kappa shape index (κ3) is 17.9. The summed E-state index contributed by atoms with van der Waals surface area (Å²) < 4.78 is 0. The standard InChI is InChI=1S/C42H65N13O11S2/c1-4-22(3)34-41(65)52-28(18-33(58)47-5-2)38(62)51-27(17-31(45)56)37(61)53-29(21-68-67-20-24(44)35(59)50-26(39(63)54-34)16-23-10-7-6-8-11-23)42(66)55-15-9-12-30(55)40(64)49-25(13-14-43)36(60)48-19-32(46)57/h6-8,10-11,22,24-30,34H,4-5,9,12-21,43-44H2,1-3H3,(H2,45,56)(H2,46,57)(H,47,58)(H,48,60)(H,49,64)(H,50,59)(H,51,62)(H,52,65)(H,53,61)(H,54,63)/t22-,24-,25-,26-,27-,28-,29-,30-,34-/m0/s1. The van der Waals surface area contributed by atoms with Crippen LogP contribution in [0.3, 0.4) is 0 Å². The number of amides is 11. The van der Waals surface area contributed by atoms with Gasteiger partial charge in [-0.3, -0.25) is 52.7 Å². The molecule has 0 radical (unpaired) electrons. The quantitative estimate of drug-likeness (QED) is 0.0653. The zero-order valence-electron chi connectivity index (χ0n) is 38.3. The van der Waals surface area contributed by atoms with Crippen LogP contribution in [0.2, 0.25) is 0 Å². The van der Waals surface area contributed by atoms with Crippen molar-refractivity contribution < 1.29 is 52.7 Å². The summed E-state index contributed by atoms with van der Waals surface area (Å²) in [5, 5.41) is 20.3. The van der Waals surface area contributed by atoms with Gasteiger partial charge in [0.05, 0.1) is 25.4 Å². The van der Waals surface area contributed by atoms with Crippen LogP contribution in [-0.2, 0) is 59.2 Å². The SMILES string of the molecule is CCNC(=O)C[C@@H]1NC(=O)[C@H]([C@@H](C)CC)NC(=O)[C@H](Cc2ccccc2)NC(=O)[C@@H](N)CSSC[C@@H](C(=O)N2CCC[C@H]2C(=O)N[C@@H](CCN)C(=O)NCC(N)=O)NC(=O)[C@H](CC(N)=O)NC1=O. The minimum Gasteiger partial charge on any atom is -0.370 e. The third-order valence-corrected chi connectivity index (χ3v) is 13.5. The molecule has 0 spiro atoms. The summed E-state index contributed by atoms with van der Waals surface area (Å²) in [6, 6.07) is -2.22. The van der Waals surface area contributed by atoms with E-state index in [-0.39, 0.29) is 50.4 Å². The van der Waals surface area contributed by atoms with Crippen molar-refractivity contribution in [3.05, 3.63) is 35.9 Å². The molecular formula is C42H65N13O11S2. The van der Waals surface area contributed by atoms with Crippen LogP contribution in [0.25, 0.3) is 0 Å². The number of rotatable bonds is 17. The van der Waals surface area contributed by atoms with Crippen LogP contribution < -0.4 is 65.5 Å². The second kappa shape index (κ2) is 28.4. The van der Waals surface area contributed by atoms with Gasteiger partial charge in [-0.15, -0.1) is 0 Å². The van der Waals surface area contributed by atoms with Crippen molar-refractivity contribution in [3.8, 4) is 0 Å². The summed E-state index contributed by atoms with van der Waals surface area (Å²) in [5.41, 5.74) is 23.3. The van der Waals surface area contributed by atoms with Crippen molar-refractivity contribution in [3.63, 3.8) is 0 Å². The maximum atomic E-state index is 14.4. The van der Waals surface area contributed by atoms with Crippen LogP contribution in [0.1, 0.15) is 64.9 Å². The van der Waals surface area contributed by atoms with E-state index >= 15 is 0 Å². The predicted octanol–water partition coefficient (Wildman–Crippen LogP) is -4.75. The topological polar surface area (TPSA) is 391 Å². The Morgan fingerprint density at radius 2 is 1.40 bits per heavy atom. The molecule has 3 rings (SSSR count). The monoisotopic (exact) mass is 991 g/mol. The summed E-state index contributed by atoms with van der Waals surface area (Å²) in [4.78, 5) is 149. The highest BCUT2D eigenvalue weighted by Gasteiger charge is 2.41. The highest BCUT2D eigenvalue weighted by molar-refractivity contribution is 8.76. The van der Waals surface area contributed by atoms with Gasteiger partial charge in [-0.05, 0) is 44.2 Å². The average Bonchev–Trinajstić information content (AvgIpc) is 3.79. The van der Waals surface area contributed by atoms with Crippen molar-refractivity contribution in [2.45, 2.75) is 114 Å². The van der Waals surface area contributed by atoms with E-state index in [1.807, 2.05) is 0 Å². The van der Waals surface area contributed by atoms with Crippen molar-refractivity contribution in [1.82, 2.24) is 47.4 Å². The molecule has 16 N–H and O–H groups in total. The van der Waals surface area contributed by atoms with Crippen LogP contribution >= 0.6 is 21.6 Å². The highest BCUT2D eigenvalue weighted by atomic mass is 33.1. The lowest BCUT2D eigenvalue weighted by Gasteiger charge is -2.31. The minimum absolute atomic E-state index is 0.000511. The number of nitrogens with two attached hydrogens (primary N) is 4. The molecule has 9 atom stereocenters. The molecule has 0 aliphatic carbocycles. The normalized spacial score (nSPS) is 24.3. The van der Waals surface area contributed by atoms with E-state index in [4.69, 9.17) is 22.9 Å². The fourth-order valence-corrected chi connectivity index (χ4v) is 9.44. The largest absolute Gasteiger partial charge is 0.370 e. The van der Waals surface area contributed by atoms with E-state index in [0.29, 0.717) is 18.4 Å². The summed E-state index contributed by atoms with van der Waals surface area (Å²) in [6.07, 6.45) is -0.613. The Labute approximate surface area is 401 Å². The number of likely N-dealkylation sites (tertiary alicyclic amines) is 1. The molecule has 2 saturated heterocycles. The molecule has 68 heavy (non-hydrogen) atoms. The van der Waals surface area contributed by atoms with Crippen LogP contribution in [0, 0.1) is 5.92 Å². The lowest BCUT2D eigenvalue weighted by atomic mass is 9.96. The highest BCUT2D eigenvalue weighted by Crippen LogP contribution is 2.26. The molecule has 2 fully saturated rings. The Kier molecular flexibility index (Phi) is 23.5. The summed E-state index contributed by atoms with van der Waals surface area (Å²) in [5.74, 6) is -10.1. The summed E-state index contributed by atoms with van der Waals surface area (Å²) >= 11 is 0. The first-order valence-corrected chi connectivity index (χ1v) is 24.8. The number of hydrogen-bond donors (Lipinski definition) is 12. The molecule has 2 aliphatic rings. The van der Waals surface area contributed by atoms with Gasteiger partial charge in [0.25, 0.3) is 0 Å². The molecule has 0 aromatic heterocycles. The van der Waals surface area contributed by atoms with Gasteiger partial charge in [0.15, 0.2) is 0 Å². The van der Waals surface area contributed by atoms with Gasteiger partial charge >= 0.3 is 0 Å². The Morgan fingerprint density at radius 3 is 2.03 bits per heavy atom. The predicted molar refractivity (Wildman–Crippen MR) is 252 cm³/mol. The van der Waals surface area contributed by atoms with E-state index in [1.165, 1.54) is 4.90 Å². The third-order valence-electron chi connectivity index (χ3n) is 11.0. The van der Waals surface area contributed by atoms with Crippen LogP contribution in [0.15, 0.2) is 30.3 Å². The Balaban J connectivity index is 2.05. The zero-order valence-corrected chi connectivity index (χ0v) is 40.0. The van der Waals surface area contributed by atoms with E-state index < -0.39 is 139 Å². The fraction of sp³-hybridized carbons (Fsp3) is 0.595. The molecule has 11 amide bonds. The van der Waals surface area contributed by atoms with E-state index in [2.05, 4.69) is 42.5 Å². The first-order chi connectivity index (χ1) is 32.3. The van der Waals surface area contributed by atoms with E-state index in [0.717, 1.165) is 21.6 Å². The van der Waals surface area contributed by atoms with E-state index in [1.54, 1.807) is 51.1 Å². The first-order valence-electron chi connectivity index (χ1n) is 22.3. The number of carbonyl (C=O) groups is 11. The number of nitrogens with one attached hydrogen (secondary N) is 8. The second-order valence-corrected chi connectivity index (χ2v) is 18.9. The van der Waals surface area contributed by atoms with Crippen LogP contribution in [0.5, 0.6) is 0 Å². The molecule has 0 saturated carbocycles. The Hall–Kier alpha value is -5.99. The minimum atomic E-state index is -1.76. The van der Waals surface area contributed by atoms with Crippen LogP contribution in [0.4, 0.5) is 0 Å². The van der Waals surface area contributed by atoms with Crippen molar-refractivity contribution in [1.29, 1.82) is 0 Å². The van der Waals surface area contributed by atoms with Gasteiger partial charge in [-0.1, -0.05) is 72.2 Å². The average molecular weight is 992 g/mol. The number of nitrogens with zero attached hydrogens (tertiary/aromatic N) is 1. The molecule has 24 nitrogen and oxygen atoms in total. The maximum Gasteiger partial charge on any atom is 0.246 e. The van der Waals surface area contributed by atoms with Gasteiger partial charge < -0.3 is 70.4 Å². The van der Waals surface area contributed by atoms with Crippen molar-refractivity contribution in [2.75, 3.05) is 37.7 Å². The molecule has 2 aliphatic heterocycles. The summed E-state index contributed by atoms with van der Waals surface area (Å²) in [6.45, 7) is 4.73. The molecule has 2 heterocycles. The van der Waals surface area contributed by atoms with Crippen LogP contribution in [-0.4, -0.2) is 156 Å².